The summed E-state index contributed by atoms with van der Waals surface area (Å²) in [5.74, 6) is 4.52. The van der Waals surface area contributed by atoms with Crippen LogP contribution in [0.5, 0.6) is 23.0 Å². The number of methoxy groups -OCH3 is 2. The zero-order valence-corrected chi connectivity index (χ0v) is 18.3. The number of ether oxygens (including phenoxy) is 4. The number of aromatic nitrogens is 4. The summed E-state index contributed by atoms with van der Waals surface area (Å²) in [5, 5.41) is 11.8. The molecule has 10 heteroatoms. The van der Waals surface area contributed by atoms with E-state index < -0.39 is 0 Å². The van der Waals surface area contributed by atoms with Gasteiger partial charge in [0.25, 0.3) is 0 Å². The molecule has 5 rings (SSSR count). The predicted molar refractivity (Wildman–Crippen MR) is 123 cm³/mol. The third-order valence-electron chi connectivity index (χ3n) is 5.20. The molecule has 0 fully saturated rings. The van der Waals surface area contributed by atoms with E-state index in [2.05, 4.69) is 25.5 Å². The maximum Gasteiger partial charge on any atom is 0.231 e. The van der Waals surface area contributed by atoms with Crippen molar-refractivity contribution in [2.24, 2.45) is 0 Å². The number of benzene rings is 2. The van der Waals surface area contributed by atoms with Gasteiger partial charge >= 0.3 is 0 Å². The fourth-order valence-electron chi connectivity index (χ4n) is 3.52. The van der Waals surface area contributed by atoms with Crippen LogP contribution in [0.25, 0.3) is 11.4 Å². The van der Waals surface area contributed by atoms with Gasteiger partial charge in [-0.15, -0.1) is 10.2 Å². The van der Waals surface area contributed by atoms with Gasteiger partial charge in [-0.25, -0.2) is 4.98 Å². The molecule has 0 amide bonds. The van der Waals surface area contributed by atoms with E-state index in [9.17, 15) is 0 Å². The first-order chi connectivity index (χ1) is 16.1. The average molecular weight is 446 g/mol. The van der Waals surface area contributed by atoms with Crippen molar-refractivity contribution in [2.45, 2.75) is 0 Å². The number of hydrogen-bond donors (Lipinski definition) is 2. The van der Waals surface area contributed by atoms with Crippen molar-refractivity contribution < 1.29 is 18.9 Å². The number of hydrogen-bond acceptors (Lipinski definition) is 9. The Labute approximate surface area is 190 Å². The molecule has 1 aliphatic rings. The van der Waals surface area contributed by atoms with Gasteiger partial charge in [0.2, 0.25) is 12.7 Å². The summed E-state index contributed by atoms with van der Waals surface area (Å²) in [4.78, 5) is 9.75. The molecule has 2 aromatic carbocycles. The molecule has 2 aromatic heterocycles. The normalized spacial score (nSPS) is 11.8. The maximum atomic E-state index is 5.51. The van der Waals surface area contributed by atoms with Crippen molar-refractivity contribution in [1.82, 2.24) is 20.2 Å². The lowest BCUT2D eigenvalue weighted by Crippen LogP contribution is -2.12. The summed E-state index contributed by atoms with van der Waals surface area (Å²) in [6.45, 7) is 0.227. The molecule has 10 nitrogen and oxygen atoms in total. The van der Waals surface area contributed by atoms with E-state index in [0.29, 0.717) is 34.8 Å². The molecule has 0 saturated heterocycles. The number of anilines is 4. The molecule has 0 saturated carbocycles. The van der Waals surface area contributed by atoms with Crippen LogP contribution in [0.3, 0.4) is 0 Å². The van der Waals surface area contributed by atoms with Crippen molar-refractivity contribution in [1.29, 1.82) is 0 Å². The van der Waals surface area contributed by atoms with Gasteiger partial charge in [-0.05, 0) is 24.3 Å². The Morgan fingerprint density at radius 1 is 0.970 bits per heavy atom. The number of nitrogens with zero attached hydrogens (tertiary/aromatic N) is 4. The molecule has 3 heterocycles. The van der Waals surface area contributed by atoms with E-state index in [1.165, 1.54) is 0 Å². The van der Waals surface area contributed by atoms with Crippen LogP contribution >= 0.6 is 0 Å². The first-order valence-electron chi connectivity index (χ1n) is 10.2. The first kappa shape index (κ1) is 20.4. The number of aromatic amines is 1. The molecular weight excluding hydrogens is 424 g/mol. The van der Waals surface area contributed by atoms with Gasteiger partial charge < -0.3 is 34.1 Å². The Bertz CT molecular complexity index is 1270. The number of rotatable bonds is 7. The summed E-state index contributed by atoms with van der Waals surface area (Å²) in [6, 6.07) is 15.0. The highest BCUT2D eigenvalue weighted by Crippen LogP contribution is 2.38. The fraction of sp³-hybridized carbons (Fsp3) is 0.174. The summed E-state index contributed by atoms with van der Waals surface area (Å²) in [6.07, 6.45) is 1.74. The van der Waals surface area contributed by atoms with E-state index >= 15 is 0 Å². The molecule has 0 spiro atoms. The topological polar surface area (TPSA) is 107 Å². The Kier molecular flexibility index (Phi) is 5.31. The largest absolute Gasteiger partial charge is 0.497 e. The van der Waals surface area contributed by atoms with Gasteiger partial charge in [0.15, 0.2) is 17.3 Å². The van der Waals surface area contributed by atoms with Crippen LogP contribution in [-0.4, -0.2) is 48.2 Å². The minimum atomic E-state index is 0.227. The van der Waals surface area contributed by atoms with Gasteiger partial charge in [-0.2, -0.15) is 0 Å². The predicted octanol–water partition coefficient (Wildman–Crippen LogP) is 4.12. The van der Waals surface area contributed by atoms with Crippen LogP contribution in [0.4, 0.5) is 23.1 Å². The van der Waals surface area contributed by atoms with E-state index in [0.717, 1.165) is 22.7 Å². The van der Waals surface area contributed by atoms with Crippen LogP contribution in [0, 0.1) is 0 Å². The van der Waals surface area contributed by atoms with Crippen molar-refractivity contribution in [3.8, 4) is 34.4 Å². The van der Waals surface area contributed by atoms with E-state index in [1.807, 2.05) is 54.4 Å². The summed E-state index contributed by atoms with van der Waals surface area (Å²) in [5.41, 5.74) is 2.44. The van der Waals surface area contributed by atoms with Crippen LogP contribution in [0.15, 0.2) is 54.7 Å². The third-order valence-corrected chi connectivity index (χ3v) is 5.20. The Morgan fingerprint density at radius 2 is 1.76 bits per heavy atom. The molecule has 0 bridgehead atoms. The fourth-order valence-corrected chi connectivity index (χ4v) is 3.52. The standard InChI is InChI=1S/C23H22N6O4/c1-29(15-6-7-19-20(11-15)33-13-32-19)22-18(5-4-8-24-22)21-26-23(28-27-21)25-14-9-16(30-2)12-17(10-14)31-3/h4-12H,13H2,1-3H3,(H2,25,26,27,28). The lowest BCUT2D eigenvalue weighted by Gasteiger charge is -2.20. The van der Waals surface area contributed by atoms with E-state index in [-0.39, 0.29) is 6.79 Å². The molecule has 0 aliphatic carbocycles. The molecule has 1 aliphatic heterocycles. The molecule has 0 atom stereocenters. The van der Waals surface area contributed by atoms with Crippen LogP contribution in [-0.2, 0) is 0 Å². The van der Waals surface area contributed by atoms with E-state index in [4.69, 9.17) is 18.9 Å². The number of fused-ring (bicyclic) bond motifs is 1. The van der Waals surface area contributed by atoms with Gasteiger partial charge in [-0.1, -0.05) is 0 Å². The SMILES string of the molecule is COc1cc(Nc2nnc(-c3cccnc3N(C)c3ccc4c(c3)OCO4)[nH]2)cc(OC)c1. The summed E-state index contributed by atoms with van der Waals surface area (Å²) in [7, 11) is 5.14. The average Bonchev–Trinajstić information content (AvgIpc) is 3.52. The maximum absolute atomic E-state index is 5.51. The third kappa shape index (κ3) is 4.05. The highest BCUT2D eigenvalue weighted by atomic mass is 16.7. The molecule has 4 aromatic rings. The second-order valence-corrected chi connectivity index (χ2v) is 7.22. The number of pyridine rings is 1. The van der Waals surface area contributed by atoms with Crippen molar-refractivity contribution in [3.05, 3.63) is 54.7 Å². The summed E-state index contributed by atoms with van der Waals surface area (Å²) < 4.78 is 21.6. The van der Waals surface area contributed by atoms with Crippen molar-refractivity contribution in [3.63, 3.8) is 0 Å². The second-order valence-electron chi connectivity index (χ2n) is 7.22. The molecule has 33 heavy (non-hydrogen) atoms. The smallest absolute Gasteiger partial charge is 0.231 e. The van der Waals surface area contributed by atoms with Gasteiger partial charge in [0.05, 0.1) is 19.8 Å². The highest BCUT2D eigenvalue weighted by molar-refractivity contribution is 5.77. The second kappa shape index (κ2) is 8.58. The van der Waals surface area contributed by atoms with Gasteiger partial charge in [0.1, 0.15) is 17.3 Å². The Morgan fingerprint density at radius 3 is 2.55 bits per heavy atom. The van der Waals surface area contributed by atoms with Crippen LogP contribution in [0.1, 0.15) is 0 Å². The lowest BCUT2D eigenvalue weighted by molar-refractivity contribution is 0.174. The molecule has 168 valence electrons. The first-order valence-corrected chi connectivity index (χ1v) is 10.2. The monoisotopic (exact) mass is 446 g/mol. The Balaban J connectivity index is 1.43. The minimum absolute atomic E-state index is 0.227. The molecule has 0 radical (unpaired) electrons. The van der Waals surface area contributed by atoms with Gasteiger partial charge in [0, 0.05) is 48.9 Å². The molecule has 0 unspecified atom stereocenters. The zero-order chi connectivity index (χ0) is 22.8. The Hall–Kier alpha value is -4.47. The summed E-state index contributed by atoms with van der Waals surface area (Å²) >= 11 is 0. The van der Waals surface area contributed by atoms with Crippen LogP contribution < -0.4 is 29.2 Å². The quantitative estimate of drug-likeness (QED) is 0.433. The molecular formula is C23H22N6O4. The highest BCUT2D eigenvalue weighted by Gasteiger charge is 2.19. The molecule has 2 N–H and O–H groups in total. The number of nitrogens with one attached hydrogen (secondary N) is 2. The zero-order valence-electron chi connectivity index (χ0n) is 18.3. The van der Waals surface area contributed by atoms with Gasteiger partial charge in [-0.3, -0.25) is 0 Å². The minimum Gasteiger partial charge on any atom is -0.497 e. The van der Waals surface area contributed by atoms with Crippen LogP contribution in [0.2, 0.25) is 0 Å². The van der Waals surface area contributed by atoms with Crippen molar-refractivity contribution >= 4 is 23.1 Å². The number of H-pyrrole nitrogens is 1. The van der Waals surface area contributed by atoms with E-state index in [1.54, 1.807) is 26.5 Å². The van der Waals surface area contributed by atoms with Crippen molar-refractivity contribution in [2.75, 3.05) is 38.3 Å². The lowest BCUT2D eigenvalue weighted by atomic mass is 10.2.